The van der Waals surface area contributed by atoms with Crippen LogP contribution in [0.2, 0.25) is 0 Å². The van der Waals surface area contributed by atoms with E-state index in [1.165, 1.54) is 12.8 Å². The van der Waals surface area contributed by atoms with Gasteiger partial charge in [0.15, 0.2) is 5.96 Å². The second-order valence-electron chi connectivity index (χ2n) is 4.80. The van der Waals surface area contributed by atoms with Crippen molar-refractivity contribution in [2.24, 2.45) is 10.7 Å². The Hall–Kier alpha value is -0.340. The molecule has 1 aliphatic carbocycles. The monoisotopic (exact) mass is 381 g/mol. The van der Waals surface area contributed by atoms with Gasteiger partial charge in [-0.25, -0.2) is 4.99 Å². The third kappa shape index (κ3) is 3.83. The molecule has 1 atom stereocenters. The molecule has 4 nitrogen and oxygen atoms in total. The lowest BCUT2D eigenvalue weighted by molar-refractivity contribution is 0.0675. The first-order valence-corrected chi connectivity index (χ1v) is 6.73. The predicted molar refractivity (Wildman–Crippen MR) is 86.6 cm³/mol. The highest BCUT2D eigenvalue weighted by Gasteiger charge is 2.28. The lowest BCUT2D eigenvalue weighted by Gasteiger charge is -2.22. The van der Waals surface area contributed by atoms with Gasteiger partial charge in [-0.1, -0.05) is 0 Å². The molecular formula is C12H20IN3OS. The summed E-state index contributed by atoms with van der Waals surface area (Å²) in [6.07, 6.45) is 2.38. The zero-order valence-corrected chi connectivity index (χ0v) is 13.8. The largest absolute Gasteiger partial charge is 0.383 e. The van der Waals surface area contributed by atoms with Crippen LogP contribution >= 0.6 is 35.3 Å². The summed E-state index contributed by atoms with van der Waals surface area (Å²) in [5, 5.41) is 14.2. The smallest absolute Gasteiger partial charge is 0.191 e. The van der Waals surface area contributed by atoms with Gasteiger partial charge in [-0.3, -0.25) is 0 Å². The van der Waals surface area contributed by atoms with Crippen LogP contribution in [0.5, 0.6) is 0 Å². The van der Waals surface area contributed by atoms with Crippen molar-refractivity contribution in [2.45, 2.75) is 31.4 Å². The van der Waals surface area contributed by atoms with Crippen LogP contribution in [0.25, 0.3) is 0 Å². The third-order valence-electron chi connectivity index (χ3n) is 3.15. The van der Waals surface area contributed by atoms with E-state index in [1.807, 2.05) is 28.8 Å². The van der Waals surface area contributed by atoms with Gasteiger partial charge in [0.1, 0.15) is 5.60 Å². The number of rotatable bonds is 4. The molecule has 2 rings (SSSR count). The van der Waals surface area contributed by atoms with E-state index < -0.39 is 5.60 Å². The fraction of sp³-hybridized carbons (Fsp3) is 0.583. The van der Waals surface area contributed by atoms with E-state index in [1.54, 1.807) is 18.3 Å². The molecular weight excluding hydrogens is 361 g/mol. The Bertz CT molecular complexity index is 401. The van der Waals surface area contributed by atoms with Crippen LogP contribution in [-0.2, 0) is 5.60 Å². The molecule has 0 aromatic carbocycles. The van der Waals surface area contributed by atoms with Crippen molar-refractivity contribution in [1.29, 1.82) is 0 Å². The maximum atomic E-state index is 10.3. The minimum absolute atomic E-state index is 0. The lowest BCUT2D eigenvalue weighted by Crippen LogP contribution is -2.37. The highest BCUT2D eigenvalue weighted by molar-refractivity contribution is 14.0. The molecule has 0 radical (unpaired) electrons. The Kier molecular flexibility index (Phi) is 5.42. The van der Waals surface area contributed by atoms with Crippen LogP contribution in [0, 0.1) is 0 Å². The molecule has 6 heteroatoms. The summed E-state index contributed by atoms with van der Waals surface area (Å²) in [4.78, 5) is 6.28. The fourth-order valence-electron chi connectivity index (χ4n) is 1.66. The van der Waals surface area contributed by atoms with E-state index in [0.717, 1.165) is 5.56 Å². The van der Waals surface area contributed by atoms with E-state index in [2.05, 4.69) is 4.99 Å². The normalized spacial score (nSPS) is 18.9. The highest BCUT2D eigenvalue weighted by atomic mass is 127. The molecule has 0 bridgehead atoms. The van der Waals surface area contributed by atoms with E-state index >= 15 is 0 Å². The Morgan fingerprint density at radius 1 is 1.67 bits per heavy atom. The van der Waals surface area contributed by atoms with Gasteiger partial charge in [0.2, 0.25) is 0 Å². The maximum absolute atomic E-state index is 10.3. The Balaban J connectivity index is 0.00000162. The number of aliphatic hydroxyl groups is 1. The molecule has 18 heavy (non-hydrogen) atoms. The summed E-state index contributed by atoms with van der Waals surface area (Å²) in [7, 11) is 1.95. The first kappa shape index (κ1) is 15.7. The molecule has 102 valence electrons. The topological polar surface area (TPSA) is 61.8 Å². The Labute approximate surface area is 129 Å². The van der Waals surface area contributed by atoms with Crippen molar-refractivity contribution < 1.29 is 5.11 Å². The molecule has 3 N–H and O–H groups in total. The second kappa shape index (κ2) is 6.21. The zero-order chi connectivity index (χ0) is 12.5. The number of hydrogen-bond donors (Lipinski definition) is 2. The van der Waals surface area contributed by atoms with E-state index in [-0.39, 0.29) is 24.0 Å². The minimum atomic E-state index is -0.936. The van der Waals surface area contributed by atoms with Crippen molar-refractivity contribution in [3.8, 4) is 0 Å². The molecule has 1 heterocycles. The maximum Gasteiger partial charge on any atom is 0.191 e. The molecule has 1 fully saturated rings. The molecule has 1 unspecified atom stereocenters. The van der Waals surface area contributed by atoms with Crippen molar-refractivity contribution in [3.63, 3.8) is 0 Å². The van der Waals surface area contributed by atoms with E-state index in [4.69, 9.17) is 5.73 Å². The first-order chi connectivity index (χ1) is 8.00. The van der Waals surface area contributed by atoms with Crippen molar-refractivity contribution in [3.05, 3.63) is 22.4 Å². The average Bonchev–Trinajstić information content (AvgIpc) is 2.99. The standard InChI is InChI=1S/C12H19N3OS.HI/c1-12(16,9-5-6-17-7-9)8-14-11(13)15(2)10-3-4-10;/h5-7,10,16H,3-4,8H2,1-2H3,(H2,13,14);1H. The Morgan fingerprint density at radius 3 is 2.83 bits per heavy atom. The summed E-state index contributed by atoms with van der Waals surface area (Å²) < 4.78 is 0. The minimum Gasteiger partial charge on any atom is -0.383 e. The predicted octanol–water partition coefficient (Wildman–Crippen LogP) is 1.98. The van der Waals surface area contributed by atoms with Gasteiger partial charge in [-0.05, 0) is 42.2 Å². The van der Waals surface area contributed by atoms with Gasteiger partial charge in [-0.2, -0.15) is 11.3 Å². The summed E-state index contributed by atoms with van der Waals surface area (Å²) in [5.41, 5.74) is 5.85. The number of nitrogens with two attached hydrogens (primary N) is 1. The number of thiophene rings is 1. The number of aliphatic imine (C=N–C) groups is 1. The fourth-order valence-corrected chi connectivity index (χ4v) is 2.44. The van der Waals surface area contributed by atoms with Crippen molar-refractivity contribution in [2.75, 3.05) is 13.6 Å². The first-order valence-electron chi connectivity index (χ1n) is 5.78. The summed E-state index contributed by atoms with van der Waals surface area (Å²) in [5.74, 6) is 0.517. The highest BCUT2D eigenvalue weighted by Crippen LogP contribution is 2.26. The summed E-state index contributed by atoms with van der Waals surface area (Å²) >= 11 is 1.57. The van der Waals surface area contributed by atoms with Crippen LogP contribution in [0.4, 0.5) is 0 Å². The molecule has 0 saturated heterocycles. The van der Waals surface area contributed by atoms with Crippen molar-refractivity contribution in [1.82, 2.24) is 4.90 Å². The molecule has 1 aromatic heterocycles. The number of hydrogen-bond acceptors (Lipinski definition) is 3. The second-order valence-corrected chi connectivity index (χ2v) is 5.58. The Morgan fingerprint density at radius 2 is 2.33 bits per heavy atom. The van der Waals surface area contributed by atoms with Crippen LogP contribution < -0.4 is 5.73 Å². The van der Waals surface area contributed by atoms with Gasteiger partial charge < -0.3 is 15.7 Å². The summed E-state index contributed by atoms with van der Waals surface area (Å²) in [6.45, 7) is 2.07. The molecule has 1 saturated carbocycles. The van der Waals surface area contributed by atoms with Gasteiger partial charge in [0.25, 0.3) is 0 Å². The van der Waals surface area contributed by atoms with Gasteiger partial charge in [-0.15, -0.1) is 24.0 Å². The molecule has 0 amide bonds. The summed E-state index contributed by atoms with van der Waals surface area (Å²) in [6, 6.07) is 2.46. The van der Waals surface area contributed by atoms with Crippen LogP contribution in [0.15, 0.2) is 21.8 Å². The number of halogens is 1. The average molecular weight is 381 g/mol. The number of guanidine groups is 1. The third-order valence-corrected chi connectivity index (χ3v) is 3.83. The van der Waals surface area contributed by atoms with E-state index in [9.17, 15) is 5.11 Å². The molecule has 0 spiro atoms. The van der Waals surface area contributed by atoms with Crippen LogP contribution in [-0.4, -0.2) is 35.6 Å². The van der Waals surface area contributed by atoms with Gasteiger partial charge in [0.05, 0.1) is 6.54 Å². The van der Waals surface area contributed by atoms with E-state index in [0.29, 0.717) is 18.5 Å². The molecule has 1 aromatic rings. The SMILES string of the molecule is CN(C(N)=NCC(C)(O)c1ccsc1)C1CC1.I. The van der Waals surface area contributed by atoms with Crippen LogP contribution in [0.1, 0.15) is 25.3 Å². The molecule has 0 aliphatic heterocycles. The quantitative estimate of drug-likeness (QED) is 0.476. The molecule has 1 aliphatic rings. The van der Waals surface area contributed by atoms with Gasteiger partial charge in [0, 0.05) is 13.1 Å². The lowest BCUT2D eigenvalue weighted by atomic mass is 10.00. The van der Waals surface area contributed by atoms with Crippen LogP contribution in [0.3, 0.4) is 0 Å². The zero-order valence-electron chi connectivity index (χ0n) is 10.7. The number of nitrogens with zero attached hydrogens (tertiary/aromatic N) is 2. The van der Waals surface area contributed by atoms with Gasteiger partial charge >= 0.3 is 0 Å². The van der Waals surface area contributed by atoms with Crippen molar-refractivity contribution >= 4 is 41.3 Å².